The highest BCUT2D eigenvalue weighted by Gasteiger charge is 2.21. The summed E-state index contributed by atoms with van der Waals surface area (Å²) in [5.74, 6) is 0. The molecule has 1 aromatic carbocycles. The Hall–Kier alpha value is -0.860. The van der Waals surface area contributed by atoms with Gasteiger partial charge in [0.05, 0.1) is 12.2 Å². The SMILES string of the molecule is CCC(C)(CCO)OCc1ccccc1. The summed E-state index contributed by atoms with van der Waals surface area (Å²) >= 11 is 0. The second-order valence-electron chi connectivity index (χ2n) is 4.05. The first-order valence-corrected chi connectivity index (χ1v) is 5.49. The van der Waals surface area contributed by atoms with Gasteiger partial charge in [0.25, 0.3) is 0 Å². The van der Waals surface area contributed by atoms with Gasteiger partial charge in [-0.15, -0.1) is 0 Å². The molecular formula is C13H20O2. The van der Waals surface area contributed by atoms with Crippen molar-refractivity contribution in [3.8, 4) is 0 Å². The zero-order chi connectivity index (χ0) is 11.1. The summed E-state index contributed by atoms with van der Waals surface area (Å²) in [4.78, 5) is 0. The Morgan fingerprint density at radius 3 is 2.47 bits per heavy atom. The van der Waals surface area contributed by atoms with Gasteiger partial charge in [0.2, 0.25) is 0 Å². The molecule has 0 aliphatic rings. The number of hydrogen-bond acceptors (Lipinski definition) is 2. The van der Waals surface area contributed by atoms with Crippen LogP contribution in [0.15, 0.2) is 30.3 Å². The Kier molecular flexibility index (Phi) is 4.79. The molecule has 0 saturated heterocycles. The van der Waals surface area contributed by atoms with Crippen LogP contribution in [-0.4, -0.2) is 17.3 Å². The number of rotatable bonds is 6. The third-order valence-corrected chi connectivity index (χ3v) is 2.82. The van der Waals surface area contributed by atoms with E-state index in [2.05, 4.69) is 19.1 Å². The van der Waals surface area contributed by atoms with Gasteiger partial charge in [-0.3, -0.25) is 0 Å². The third kappa shape index (κ3) is 4.02. The molecule has 0 saturated carbocycles. The second kappa shape index (κ2) is 5.89. The van der Waals surface area contributed by atoms with Crippen molar-refractivity contribution in [3.05, 3.63) is 35.9 Å². The summed E-state index contributed by atoms with van der Waals surface area (Å²) in [5, 5.41) is 8.95. The maximum atomic E-state index is 8.95. The molecule has 1 rings (SSSR count). The minimum absolute atomic E-state index is 0.180. The van der Waals surface area contributed by atoms with Crippen molar-refractivity contribution in [2.24, 2.45) is 0 Å². The summed E-state index contributed by atoms with van der Waals surface area (Å²) in [6, 6.07) is 10.1. The Bertz CT molecular complexity index is 271. The molecule has 15 heavy (non-hydrogen) atoms. The predicted octanol–water partition coefficient (Wildman–Crippen LogP) is 2.75. The fourth-order valence-electron chi connectivity index (χ4n) is 1.42. The number of benzene rings is 1. The Balaban J connectivity index is 2.47. The number of aliphatic hydroxyl groups excluding tert-OH is 1. The maximum absolute atomic E-state index is 8.95. The van der Waals surface area contributed by atoms with Crippen molar-refractivity contribution in [2.45, 2.75) is 38.9 Å². The van der Waals surface area contributed by atoms with Crippen molar-refractivity contribution >= 4 is 0 Å². The van der Waals surface area contributed by atoms with E-state index in [1.807, 2.05) is 25.1 Å². The molecule has 2 nitrogen and oxygen atoms in total. The van der Waals surface area contributed by atoms with Gasteiger partial charge in [0.1, 0.15) is 0 Å². The van der Waals surface area contributed by atoms with E-state index in [9.17, 15) is 0 Å². The summed E-state index contributed by atoms with van der Waals surface area (Å²) in [6.07, 6.45) is 1.61. The summed E-state index contributed by atoms with van der Waals surface area (Å²) in [6.45, 7) is 4.93. The van der Waals surface area contributed by atoms with Crippen molar-refractivity contribution in [3.63, 3.8) is 0 Å². The van der Waals surface area contributed by atoms with Crippen LogP contribution in [0.25, 0.3) is 0 Å². The molecule has 0 radical (unpaired) electrons. The van der Waals surface area contributed by atoms with Crippen molar-refractivity contribution in [2.75, 3.05) is 6.61 Å². The van der Waals surface area contributed by atoms with E-state index in [0.29, 0.717) is 13.0 Å². The van der Waals surface area contributed by atoms with Crippen LogP contribution < -0.4 is 0 Å². The van der Waals surface area contributed by atoms with Gasteiger partial charge in [-0.2, -0.15) is 0 Å². The highest BCUT2D eigenvalue weighted by molar-refractivity contribution is 5.13. The lowest BCUT2D eigenvalue weighted by molar-refractivity contribution is -0.0594. The van der Waals surface area contributed by atoms with Crippen LogP contribution in [-0.2, 0) is 11.3 Å². The summed E-state index contributed by atoms with van der Waals surface area (Å²) in [5.41, 5.74) is 0.972. The first kappa shape index (κ1) is 12.2. The molecule has 1 aromatic rings. The van der Waals surface area contributed by atoms with E-state index in [4.69, 9.17) is 9.84 Å². The number of aliphatic hydroxyl groups is 1. The molecule has 0 aliphatic heterocycles. The van der Waals surface area contributed by atoms with E-state index in [1.165, 1.54) is 5.56 Å². The smallest absolute Gasteiger partial charge is 0.0724 e. The van der Waals surface area contributed by atoms with Gasteiger partial charge in [-0.05, 0) is 25.3 Å². The molecule has 0 spiro atoms. The monoisotopic (exact) mass is 208 g/mol. The fraction of sp³-hybridized carbons (Fsp3) is 0.538. The van der Waals surface area contributed by atoms with Gasteiger partial charge in [-0.1, -0.05) is 37.3 Å². The molecule has 0 aliphatic carbocycles. The van der Waals surface area contributed by atoms with Crippen molar-refractivity contribution in [1.82, 2.24) is 0 Å². The van der Waals surface area contributed by atoms with Crippen LogP contribution in [0.2, 0.25) is 0 Å². The largest absolute Gasteiger partial charge is 0.396 e. The summed E-state index contributed by atoms with van der Waals surface area (Å²) in [7, 11) is 0. The quantitative estimate of drug-likeness (QED) is 0.779. The van der Waals surface area contributed by atoms with E-state index >= 15 is 0 Å². The van der Waals surface area contributed by atoms with Crippen LogP contribution >= 0.6 is 0 Å². The molecule has 0 fully saturated rings. The highest BCUT2D eigenvalue weighted by atomic mass is 16.5. The molecule has 1 unspecified atom stereocenters. The second-order valence-corrected chi connectivity index (χ2v) is 4.05. The summed E-state index contributed by atoms with van der Waals surface area (Å²) < 4.78 is 5.85. The predicted molar refractivity (Wildman–Crippen MR) is 61.6 cm³/mol. The first-order chi connectivity index (χ1) is 7.20. The van der Waals surface area contributed by atoms with Crippen molar-refractivity contribution < 1.29 is 9.84 Å². The molecular weight excluding hydrogens is 188 g/mol. The van der Waals surface area contributed by atoms with Crippen LogP contribution in [0, 0.1) is 0 Å². The molecule has 2 heteroatoms. The van der Waals surface area contributed by atoms with Crippen LogP contribution in [0.1, 0.15) is 32.3 Å². The lowest BCUT2D eigenvalue weighted by Crippen LogP contribution is -2.28. The van der Waals surface area contributed by atoms with Crippen molar-refractivity contribution in [1.29, 1.82) is 0 Å². The minimum Gasteiger partial charge on any atom is -0.396 e. The molecule has 0 heterocycles. The maximum Gasteiger partial charge on any atom is 0.0724 e. The van der Waals surface area contributed by atoms with Crippen LogP contribution in [0.5, 0.6) is 0 Å². The molecule has 1 N–H and O–H groups in total. The molecule has 0 amide bonds. The Labute approximate surface area is 91.9 Å². The number of ether oxygens (including phenoxy) is 1. The molecule has 0 bridgehead atoms. The lowest BCUT2D eigenvalue weighted by Gasteiger charge is -2.28. The normalized spacial score (nSPS) is 14.9. The van der Waals surface area contributed by atoms with E-state index in [0.717, 1.165) is 6.42 Å². The minimum atomic E-state index is -0.204. The van der Waals surface area contributed by atoms with Crippen LogP contribution in [0.4, 0.5) is 0 Å². The van der Waals surface area contributed by atoms with E-state index < -0.39 is 0 Å². The third-order valence-electron chi connectivity index (χ3n) is 2.82. The Morgan fingerprint density at radius 2 is 1.93 bits per heavy atom. The molecule has 0 aromatic heterocycles. The van der Waals surface area contributed by atoms with Gasteiger partial charge in [-0.25, -0.2) is 0 Å². The van der Waals surface area contributed by atoms with Gasteiger partial charge >= 0.3 is 0 Å². The zero-order valence-corrected chi connectivity index (χ0v) is 9.57. The van der Waals surface area contributed by atoms with Gasteiger partial charge < -0.3 is 9.84 Å². The highest BCUT2D eigenvalue weighted by Crippen LogP contribution is 2.21. The van der Waals surface area contributed by atoms with Gasteiger partial charge in [0, 0.05) is 6.61 Å². The average Bonchev–Trinajstić information content (AvgIpc) is 2.28. The zero-order valence-electron chi connectivity index (χ0n) is 9.57. The molecule has 84 valence electrons. The Morgan fingerprint density at radius 1 is 1.27 bits per heavy atom. The standard InChI is InChI=1S/C13H20O2/c1-3-13(2,9-10-14)15-11-12-7-5-4-6-8-12/h4-8,14H,3,9-11H2,1-2H3. The van der Waals surface area contributed by atoms with Gasteiger partial charge in [0.15, 0.2) is 0 Å². The van der Waals surface area contributed by atoms with Crippen LogP contribution in [0.3, 0.4) is 0 Å². The van der Waals surface area contributed by atoms with E-state index in [1.54, 1.807) is 0 Å². The lowest BCUT2D eigenvalue weighted by atomic mass is 9.99. The fourth-order valence-corrected chi connectivity index (χ4v) is 1.42. The average molecular weight is 208 g/mol. The molecule has 1 atom stereocenters. The van der Waals surface area contributed by atoms with E-state index in [-0.39, 0.29) is 12.2 Å². The number of hydrogen-bond donors (Lipinski definition) is 1. The topological polar surface area (TPSA) is 29.5 Å². The first-order valence-electron chi connectivity index (χ1n) is 5.49.